The molecule has 0 amide bonds. The second-order valence-electron chi connectivity index (χ2n) is 6.13. The summed E-state index contributed by atoms with van der Waals surface area (Å²) in [6.45, 7) is 1.72. The highest BCUT2D eigenvalue weighted by molar-refractivity contribution is 6.31. The fraction of sp³-hybridized carbons (Fsp3) is 0.471. The summed E-state index contributed by atoms with van der Waals surface area (Å²) in [6.07, 6.45) is 3.88. The zero-order valence-electron chi connectivity index (χ0n) is 13.1. The van der Waals surface area contributed by atoms with E-state index in [0.717, 1.165) is 37.2 Å². The number of likely N-dealkylation sites (tertiary alicyclic amines) is 1. The lowest BCUT2D eigenvalue weighted by Crippen LogP contribution is -2.31. The van der Waals surface area contributed by atoms with Crippen molar-refractivity contribution < 1.29 is 9.50 Å². The summed E-state index contributed by atoms with van der Waals surface area (Å²) in [5.74, 6) is -0.283. The highest BCUT2D eigenvalue weighted by Gasteiger charge is 2.28. The molecule has 0 bridgehead atoms. The Bertz CT molecular complexity index is 639. The maximum atomic E-state index is 13.0. The minimum absolute atomic E-state index is 0.283. The number of nitrogens with zero attached hydrogens (tertiary/aromatic N) is 3. The van der Waals surface area contributed by atoms with Gasteiger partial charge in [0.25, 0.3) is 0 Å². The molecule has 2 atom stereocenters. The molecule has 3 rings (SSSR count). The van der Waals surface area contributed by atoms with E-state index >= 15 is 0 Å². The third kappa shape index (κ3) is 3.74. The summed E-state index contributed by atoms with van der Waals surface area (Å²) in [5, 5.41) is 15.3. The maximum absolute atomic E-state index is 13.0. The summed E-state index contributed by atoms with van der Waals surface area (Å²) < 4.78 is 14.8. The second kappa shape index (κ2) is 6.99. The van der Waals surface area contributed by atoms with E-state index in [1.807, 2.05) is 7.05 Å². The van der Waals surface area contributed by atoms with Crippen LogP contribution in [0.15, 0.2) is 30.5 Å². The lowest BCUT2D eigenvalue weighted by atomic mass is 10.0. The van der Waals surface area contributed by atoms with Crippen molar-refractivity contribution in [1.82, 2.24) is 14.7 Å². The Morgan fingerprint density at radius 3 is 2.78 bits per heavy atom. The molecule has 1 fully saturated rings. The van der Waals surface area contributed by atoms with Gasteiger partial charge in [-0.25, -0.2) is 4.39 Å². The molecule has 1 saturated heterocycles. The van der Waals surface area contributed by atoms with Gasteiger partial charge in [0.05, 0.1) is 23.0 Å². The summed E-state index contributed by atoms with van der Waals surface area (Å²) in [5.41, 5.74) is 1.76. The van der Waals surface area contributed by atoms with E-state index in [9.17, 15) is 9.50 Å². The molecule has 1 aromatic heterocycles. The summed E-state index contributed by atoms with van der Waals surface area (Å²) >= 11 is 6.19. The number of hydrogen-bond donors (Lipinski definition) is 1. The van der Waals surface area contributed by atoms with E-state index in [0.29, 0.717) is 17.5 Å². The van der Waals surface area contributed by atoms with Crippen molar-refractivity contribution in [3.63, 3.8) is 0 Å². The molecule has 124 valence electrons. The predicted molar refractivity (Wildman–Crippen MR) is 87.6 cm³/mol. The number of benzene rings is 1. The lowest BCUT2D eigenvalue weighted by molar-refractivity contribution is 0.117. The number of aryl methyl sites for hydroxylation is 1. The second-order valence-corrected chi connectivity index (χ2v) is 6.54. The largest absolute Gasteiger partial charge is 0.388 e. The molecular weight excluding hydrogens is 317 g/mol. The summed E-state index contributed by atoms with van der Waals surface area (Å²) in [4.78, 5) is 2.34. The molecule has 1 N–H and O–H groups in total. The average Bonchev–Trinajstić information content (AvgIpc) is 3.09. The molecule has 4 nitrogen and oxygen atoms in total. The van der Waals surface area contributed by atoms with Crippen LogP contribution in [0, 0.1) is 5.82 Å². The molecule has 0 spiro atoms. The van der Waals surface area contributed by atoms with E-state index in [-0.39, 0.29) is 5.82 Å². The first-order chi connectivity index (χ1) is 11.0. The summed E-state index contributed by atoms with van der Waals surface area (Å²) in [6, 6.07) is 6.37. The number of hydrogen-bond acceptors (Lipinski definition) is 3. The van der Waals surface area contributed by atoms with Gasteiger partial charge in [-0.2, -0.15) is 5.10 Å². The SMILES string of the molecule is Cn1ncc(Cl)c1CN1CCCC1CC(O)c1ccc(F)cc1. The van der Waals surface area contributed by atoms with Gasteiger partial charge in [-0.15, -0.1) is 0 Å². The Balaban J connectivity index is 1.66. The zero-order chi connectivity index (χ0) is 16.4. The van der Waals surface area contributed by atoms with Gasteiger partial charge in [-0.1, -0.05) is 23.7 Å². The molecule has 1 aliphatic rings. The molecule has 2 unspecified atom stereocenters. The Kier molecular flexibility index (Phi) is 4.99. The van der Waals surface area contributed by atoms with Crippen molar-refractivity contribution in [2.45, 2.75) is 38.0 Å². The molecule has 0 aliphatic carbocycles. The first-order valence-electron chi connectivity index (χ1n) is 7.88. The number of aromatic nitrogens is 2. The smallest absolute Gasteiger partial charge is 0.123 e. The molecule has 2 heterocycles. The number of rotatable bonds is 5. The summed E-state index contributed by atoms with van der Waals surface area (Å²) in [7, 11) is 1.89. The third-order valence-electron chi connectivity index (χ3n) is 4.61. The third-order valence-corrected chi connectivity index (χ3v) is 4.93. The monoisotopic (exact) mass is 337 g/mol. The molecule has 2 aromatic rings. The van der Waals surface area contributed by atoms with Gasteiger partial charge in [0.1, 0.15) is 5.82 Å². The molecule has 0 radical (unpaired) electrons. The quantitative estimate of drug-likeness (QED) is 0.910. The topological polar surface area (TPSA) is 41.3 Å². The number of aliphatic hydroxyl groups excluding tert-OH is 1. The zero-order valence-corrected chi connectivity index (χ0v) is 13.9. The highest BCUT2D eigenvalue weighted by atomic mass is 35.5. The minimum atomic E-state index is -0.580. The van der Waals surface area contributed by atoms with E-state index in [4.69, 9.17) is 11.6 Å². The average molecular weight is 338 g/mol. The van der Waals surface area contributed by atoms with Crippen LogP contribution < -0.4 is 0 Å². The molecule has 1 aliphatic heterocycles. The Hall–Kier alpha value is -1.43. The van der Waals surface area contributed by atoms with Gasteiger partial charge >= 0.3 is 0 Å². The van der Waals surface area contributed by atoms with E-state index in [2.05, 4.69) is 10.00 Å². The van der Waals surface area contributed by atoms with E-state index < -0.39 is 6.10 Å². The first-order valence-corrected chi connectivity index (χ1v) is 8.26. The van der Waals surface area contributed by atoms with Crippen LogP contribution in [0.2, 0.25) is 5.02 Å². The van der Waals surface area contributed by atoms with Crippen LogP contribution in [0.5, 0.6) is 0 Å². The van der Waals surface area contributed by atoms with Crippen molar-refractivity contribution in [3.8, 4) is 0 Å². The van der Waals surface area contributed by atoms with Crippen LogP contribution >= 0.6 is 11.6 Å². The van der Waals surface area contributed by atoms with Gasteiger partial charge in [0, 0.05) is 19.6 Å². The normalized spacial score (nSPS) is 20.1. The molecule has 1 aromatic carbocycles. The fourth-order valence-electron chi connectivity index (χ4n) is 3.26. The van der Waals surface area contributed by atoms with Crippen LogP contribution in [-0.4, -0.2) is 32.4 Å². The van der Waals surface area contributed by atoms with Gasteiger partial charge < -0.3 is 5.11 Å². The van der Waals surface area contributed by atoms with Crippen LogP contribution in [0.25, 0.3) is 0 Å². The van der Waals surface area contributed by atoms with Crippen LogP contribution in [0.4, 0.5) is 4.39 Å². The molecule has 23 heavy (non-hydrogen) atoms. The Morgan fingerprint density at radius 1 is 1.39 bits per heavy atom. The van der Waals surface area contributed by atoms with Crippen LogP contribution in [0.3, 0.4) is 0 Å². The van der Waals surface area contributed by atoms with Gasteiger partial charge in [-0.3, -0.25) is 9.58 Å². The Morgan fingerprint density at radius 2 is 2.13 bits per heavy atom. The minimum Gasteiger partial charge on any atom is -0.388 e. The predicted octanol–water partition coefficient (Wildman–Crippen LogP) is 3.30. The number of aliphatic hydroxyl groups is 1. The lowest BCUT2D eigenvalue weighted by Gasteiger charge is -2.26. The Labute approximate surface area is 140 Å². The van der Waals surface area contributed by atoms with Crippen LogP contribution in [-0.2, 0) is 13.6 Å². The van der Waals surface area contributed by atoms with Gasteiger partial charge in [0.2, 0.25) is 0 Å². The fourth-order valence-corrected chi connectivity index (χ4v) is 3.48. The van der Waals surface area contributed by atoms with Crippen molar-refractivity contribution >= 4 is 11.6 Å². The first kappa shape index (κ1) is 16.4. The van der Waals surface area contributed by atoms with E-state index in [1.54, 1.807) is 23.0 Å². The molecular formula is C17H21ClFN3O. The molecule has 6 heteroatoms. The molecule has 0 saturated carbocycles. The van der Waals surface area contributed by atoms with E-state index in [1.165, 1.54) is 12.1 Å². The van der Waals surface area contributed by atoms with Crippen LogP contribution in [0.1, 0.15) is 36.6 Å². The maximum Gasteiger partial charge on any atom is 0.123 e. The van der Waals surface area contributed by atoms with Crippen molar-refractivity contribution in [2.75, 3.05) is 6.54 Å². The van der Waals surface area contributed by atoms with Crippen molar-refractivity contribution in [2.24, 2.45) is 7.05 Å². The van der Waals surface area contributed by atoms with Gasteiger partial charge in [-0.05, 0) is 43.5 Å². The number of halogens is 2. The van der Waals surface area contributed by atoms with Crippen molar-refractivity contribution in [3.05, 3.63) is 52.6 Å². The highest BCUT2D eigenvalue weighted by Crippen LogP contribution is 2.29. The standard InChI is InChI=1S/C17H21ClFN3O/c1-21-16(15(18)10-20-21)11-22-8-2-3-14(22)9-17(23)12-4-6-13(19)7-5-12/h4-7,10,14,17,23H,2-3,8-9,11H2,1H3. The van der Waals surface area contributed by atoms with Gasteiger partial charge in [0.15, 0.2) is 0 Å². The van der Waals surface area contributed by atoms with Crippen molar-refractivity contribution in [1.29, 1.82) is 0 Å².